The minimum atomic E-state index is -0.387. The number of nitrogens with zero attached hydrogens (tertiary/aromatic N) is 1. The number of ether oxygens (including phenoxy) is 1. The van der Waals surface area contributed by atoms with Crippen LogP contribution in [0.4, 0.5) is 5.69 Å². The summed E-state index contributed by atoms with van der Waals surface area (Å²) in [6.07, 6.45) is 0. The summed E-state index contributed by atoms with van der Waals surface area (Å²) in [6, 6.07) is 5.31. The van der Waals surface area contributed by atoms with E-state index in [-0.39, 0.29) is 19.2 Å². The van der Waals surface area contributed by atoms with Gasteiger partial charge in [-0.05, 0) is 24.6 Å². The molecule has 0 aliphatic rings. The first-order valence-electron chi connectivity index (χ1n) is 5.80. The van der Waals surface area contributed by atoms with E-state index in [1.165, 1.54) is 7.11 Å². The Hall–Kier alpha value is -1.59. The molecular weight excluding hydrogens is 234 g/mol. The fraction of sp³-hybridized carbons (Fsp3) is 0.462. The van der Waals surface area contributed by atoms with Gasteiger partial charge in [-0.15, -0.1) is 0 Å². The van der Waals surface area contributed by atoms with Crippen LogP contribution in [0.2, 0.25) is 0 Å². The fourth-order valence-electron chi connectivity index (χ4n) is 1.89. The summed E-state index contributed by atoms with van der Waals surface area (Å²) in [4.78, 5) is 13.4. The van der Waals surface area contributed by atoms with Crippen molar-refractivity contribution in [3.63, 3.8) is 0 Å². The molecule has 0 radical (unpaired) electrons. The number of anilines is 1. The van der Waals surface area contributed by atoms with Crippen molar-refractivity contribution in [2.45, 2.75) is 6.92 Å². The van der Waals surface area contributed by atoms with E-state index in [1.807, 2.05) is 17.9 Å². The molecule has 0 saturated carbocycles. The number of carbonyl (C=O) groups is 1. The lowest BCUT2D eigenvalue weighted by Crippen LogP contribution is -2.30. The average molecular weight is 253 g/mol. The molecular formula is C13H19NO4. The quantitative estimate of drug-likeness (QED) is 0.725. The molecule has 0 saturated heterocycles. The van der Waals surface area contributed by atoms with Crippen molar-refractivity contribution in [3.05, 3.63) is 29.3 Å². The standard InChI is InChI=1S/C13H19NO4/c1-10-11(13(17)18-2)4-3-5-12(10)14(6-8-15)7-9-16/h3-5,15-16H,6-9H2,1-2H3. The molecule has 18 heavy (non-hydrogen) atoms. The molecule has 0 spiro atoms. The van der Waals surface area contributed by atoms with Gasteiger partial charge in [0.25, 0.3) is 0 Å². The lowest BCUT2D eigenvalue weighted by Gasteiger charge is -2.25. The van der Waals surface area contributed by atoms with E-state index in [2.05, 4.69) is 0 Å². The van der Waals surface area contributed by atoms with Crippen molar-refractivity contribution in [2.24, 2.45) is 0 Å². The molecule has 0 amide bonds. The summed E-state index contributed by atoms with van der Waals surface area (Å²) in [6.45, 7) is 2.62. The number of aliphatic hydroxyl groups excluding tert-OH is 2. The number of aliphatic hydroxyl groups is 2. The van der Waals surface area contributed by atoms with Crippen molar-refractivity contribution in [1.82, 2.24) is 0 Å². The molecule has 0 aliphatic heterocycles. The maximum Gasteiger partial charge on any atom is 0.338 e. The molecule has 0 bridgehead atoms. The van der Waals surface area contributed by atoms with Gasteiger partial charge in [0.2, 0.25) is 0 Å². The molecule has 0 heterocycles. The van der Waals surface area contributed by atoms with Gasteiger partial charge < -0.3 is 19.8 Å². The molecule has 1 aromatic rings. The van der Waals surface area contributed by atoms with E-state index in [9.17, 15) is 4.79 Å². The zero-order valence-electron chi connectivity index (χ0n) is 10.7. The Kier molecular flexibility index (Phi) is 5.61. The maximum absolute atomic E-state index is 11.6. The van der Waals surface area contributed by atoms with Crippen LogP contribution >= 0.6 is 0 Å². The monoisotopic (exact) mass is 253 g/mol. The fourth-order valence-corrected chi connectivity index (χ4v) is 1.89. The first-order chi connectivity index (χ1) is 8.65. The van der Waals surface area contributed by atoms with Crippen LogP contribution in [0.25, 0.3) is 0 Å². The Labute approximate surface area is 107 Å². The highest BCUT2D eigenvalue weighted by Crippen LogP contribution is 2.23. The van der Waals surface area contributed by atoms with Crippen molar-refractivity contribution >= 4 is 11.7 Å². The van der Waals surface area contributed by atoms with Gasteiger partial charge in [0, 0.05) is 18.8 Å². The lowest BCUT2D eigenvalue weighted by molar-refractivity contribution is 0.0600. The second kappa shape index (κ2) is 6.98. The van der Waals surface area contributed by atoms with Crippen LogP contribution in [0.1, 0.15) is 15.9 Å². The van der Waals surface area contributed by atoms with E-state index in [4.69, 9.17) is 14.9 Å². The summed E-state index contributed by atoms with van der Waals surface area (Å²) >= 11 is 0. The summed E-state index contributed by atoms with van der Waals surface area (Å²) in [5, 5.41) is 18.1. The SMILES string of the molecule is COC(=O)c1cccc(N(CCO)CCO)c1C. The van der Waals surface area contributed by atoms with Crippen molar-refractivity contribution < 1.29 is 19.7 Å². The summed E-state index contributed by atoms with van der Waals surface area (Å²) < 4.78 is 4.72. The van der Waals surface area contributed by atoms with Gasteiger partial charge in [-0.2, -0.15) is 0 Å². The minimum absolute atomic E-state index is 0.0120. The molecule has 0 atom stereocenters. The van der Waals surface area contributed by atoms with Crippen molar-refractivity contribution in [1.29, 1.82) is 0 Å². The molecule has 1 aromatic carbocycles. The lowest BCUT2D eigenvalue weighted by atomic mass is 10.1. The van der Waals surface area contributed by atoms with Gasteiger partial charge in [0.15, 0.2) is 0 Å². The van der Waals surface area contributed by atoms with Gasteiger partial charge in [0.1, 0.15) is 0 Å². The van der Waals surface area contributed by atoms with Crippen LogP contribution in [-0.2, 0) is 4.74 Å². The third-order valence-electron chi connectivity index (χ3n) is 2.79. The topological polar surface area (TPSA) is 70.0 Å². The molecule has 100 valence electrons. The molecule has 5 nitrogen and oxygen atoms in total. The summed E-state index contributed by atoms with van der Waals surface area (Å²) in [5.74, 6) is -0.387. The Balaban J connectivity index is 3.10. The normalized spacial score (nSPS) is 10.2. The number of methoxy groups -OCH3 is 1. The smallest absolute Gasteiger partial charge is 0.338 e. The van der Waals surface area contributed by atoms with E-state index in [1.54, 1.807) is 12.1 Å². The summed E-state index contributed by atoms with van der Waals surface area (Å²) in [7, 11) is 1.34. The van der Waals surface area contributed by atoms with Gasteiger partial charge in [-0.1, -0.05) is 6.07 Å². The van der Waals surface area contributed by atoms with Gasteiger partial charge in [-0.3, -0.25) is 0 Å². The van der Waals surface area contributed by atoms with E-state index < -0.39 is 0 Å². The number of benzene rings is 1. The molecule has 2 N–H and O–H groups in total. The number of esters is 1. The Morgan fingerprint density at radius 2 is 1.89 bits per heavy atom. The number of hydrogen-bond donors (Lipinski definition) is 2. The van der Waals surface area contributed by atoms with Crippen LogP contribution in [-0.4, -0.2) is 49.6 Å². The zero-order chi connectivity index (χ0) is 13.5. The van der Waals surface area contributed by atoms with E-state index >= 15 is 0 Å². The predicted octanol–water partition coefficient (Wildman–Crippen LogP) is 0.573. The second-order valence-electron chi connectivity index (χ2n) is 3.88. The molecule has 1 rings (SSSR count). The van der Waals surface area contributed by atoms with E-state index in [0.29, 0.717) is 18.7 Å². The van der Waals surface area contributed by atoms with Crippen LogP contribution in [0.5, 0.6) is 0 Å². The third-order valence-corrected chi connectivity index (χ3v) is 2.79. The predicted molar refractivity (Wildman–Crippen MR) is 68.9 cm³/mol. The highest BCUT2D eigenvalue weighted by atomic mass is 16.5. The Bertz CT molecular complexity index is 400. The first kappa shape index (κ1) is 14.5. The van der Waals surface area contributed by atoms with Crippen molar-refractivity contribution in [2.75, 3.05) is 38.3 Å². The number of rotatable bonds is 6. The Morgan fingerprint density at radius 3 is 2.39 bits per heavy atom. The molecule has 5 heteroatoms. The van der Waals surface area contributed by atoms with Gasteiger partial charge in [-0.25, -0.2) is 4.79 Å². The van der Waals surface area contributed by atoms with Crippen molar-refractivity contribution in [3.8, 4) is 0 Å². The first-order valence-corrected chi connectivity index (χ1v) is 5.80. The average Bonchev–Trinajstić information content (AvgIpc) is 2.38. The molecule has 0 fully saturated rings. The maximum atomic E-state index is 11.6. The number of hydrogen-bond acceptors (Lipinski definition) is 5. The molecule has 0 aliphatic carbocycles. The van der Waals surface area contributed by atoms with Crippen LogP contribution in [0, 0.1) is 6.92 Å². The molecule has 0 aromatic heterocycles. The summed E-state index contributed by atoms with van der Waals surface area (Å²) in [5.41, 5.74) is 2.10. The van der Waals surface area contributed by atoms with Crippen LogP contribution in [0.3, 0.4) is 0 Å². The molecule has 0 unspecified atom stereocenters. The van der Waals surface area contributed by atoms with Gasteiger partial charge >= 0.3 is 5.97 Å². The van der Waals surface area contributed by atoms with Crippen LogP contribution in [0.15, 0.2) is 18.2 Å². The number of carbonyl (C=O) groups excluding carboxylic acids is 1. The highest BCUT2D eigenvalue weighted by molar-refractivity contribution is 5.92. The zero-order valence-corrected chi connectivity index (χ0v) is 10.7. The second-order valence-corrected chi connectivity index (χ2v) is 3.88. The van der Waals surface area contributed by atoms with E-state index in [0.717, 1.165) is 11.3 Å². The largest absolute Gasteiger partial charge is 0.465 e. The highest BCUT2D eigenvalue weighted by Gasteiger charge is 2.15. The minimum Gasteiger partial charge on any atom is -0.465 e. The van der Waals surface area contributed by atoms with Gasteiger partial charge in [0.05, 0.1) is 25.9 Å². The third kappa shape index (κ3) is 3.21. The Morgan fingerprint density at radius 1 is 1.28 bits per heavy atom. The van der Waals surface area contributed by atoms with Crippen LogP contribution < -0.4 is 4.90 Å².